The van der Waals surface area contributed by atoms with Gasteiger partial charge in [0.25, 0.3) is 0 Å². The van der Waals surface area contributed by atoms with Crippen LogP contribution in [-0.2, 0) is 6.42 Å². The van der Waals surface area contributed by atoms with Crippen LogP contribution in [0.5, 0.6) is 0 Å². The molecule has 3 nitrogen and oxygen atoms in total. The minimum absolute atomic E-state index is 0.389. The molecule has 0 spiro atoms. The Bertz CT molecular complexity index is 364. The van der Waals surface area contributed by atoms with Crippen molar-refractivity contribution in [2.24, 2.45) is 5.92 Å². The maximum absolute atomic E-state index is 4.51. The Balaban J connectivity index is 1.78. The van der Waals surface area contributed by atoms with Gasteiger partial charge in [0.15, 0.2) is 0 Å². The van der Waals surface area contributed by atoms with Gasteiger partial charge < -0.3 is 10.6 Å². The molecule has 0 amide bonds. The molecule has 0 aromatic carbocycles. The molecule has 3 atom stereocenters. The van der Waals surface area contributed by atoms with E-state index in [-0.39, 0.29) is 0 Å². The molecule has 1 fully saturated rings. The number of nitrogens with one attached hydrogen (secondary N) is 2. The standard InChI is InChI=1S/C14H25N3S/c1-4-13-9-17-14(18-13)11(3)16-8-12-5-6-15-10(2)7-12/h9-12,15-16H,4-8H2,1-3H3. The molecule has 2 heterocycles. The van der Waals surface area contributed by atoms with Crippen LogP contribution in [0.4, 0.5) is 0 Å². The van der Waals surface area contributed by atoms with Crippen molar-refractivity contribution >= 4 is 11.3 Å². The first-order valence-corrected chi connectivity index (χ1v) is 7.92. The van der Waals surface area contributed by atoms with Crippen molar-refractivity contribution in [3.05, 3.63) is 16.1 Å². The fraction of sp³-hybridized carbons (Fsp3) is 0.786. The highest BCUT2D eigenvalue weighted by Gasteiger charge is 2.19. The van der Waals surface area contributed by atoms with Gasteiger partial charge in [0, 0.05) is 17.1 Å². The van der Waals surface area contributed by atoms with Crippen molar-refractivity contribution in [1.82, 2.24) is 15.6 Å². The summed E-state index contributed by atoms with van der Waals surface area (Å²) in [5, 5.41) is 8.38. The third-order valence-corrected chi connectivity index (χ3v) is 5.06. The fourth-order valence-electron chi connectivity index (χ4n) is 2.54. The lowest BCUT2D eigenvalue weighted by molar-refractivity contribution is 0.297. The number of rotatable bonds is 5. The summed E-state index contributed by atoms with van der Waals surface area (Å²) in [6.07, 6.45) is 5.70. The monoisotopic (exact) mass is 267 g/mol. The minimum atomic E-state index is 0.389. The van der Waals surface area contributed by atoms with Gasteiger partial charge >= 0.3 is 0 Å². The third kappa shape index (κ3) is 3.77. The van der Waals surface area contributed by atoms with Crippen molar-refractivity contribution in [1.29, 1.82) is 0 Å². The van der Waals surface area contributed by atoms with Gasteiger partial charge in [0.1, 0.15) is 5.01 Å². The van der Waals surface area contributed by atoms with E-state index in [0.717, 1.165) is 18.9 Å². The number of thiazole rings is 1. The fourth-order valence-corrected chi connectivity index (χ4v) is 3.42. The molecule has 2 rings (SSSR count). The molecular formula is C14H25N3S. The average Bonchev–Trinajstić information content (AvgIpc) is 2.85. The highest BCUT2D eigenvalue weighted by atomic mass is 32.1. The molecule has 1 saturated heterocycles. The molecule has 1 aliphatic rings. The zero-order valence-corrected chi connectivity index (χ0v) is 12.5. The van der Waals surface area contributed by atoms with E-state index in [9.17, 15) is 0 Å². The van der Waals surface area contributed by atoms with Crippen LogP contribution in [0.3, 0.4) is 0 Å². The van der Waals surface area contributed by atoms with E-state index >= 15 is 0 Å². The van der Waals surface area contributed by atoms with Crippen LogP contribution < -0.4 is 10.6 Å². The third-order valence-electron chi connectivity index (χ3n) is 3.74. The SMILES string of the molecule is CCc1cnc(C(C)NCC2CCNC(C)C2)s1. The van der Waals surface area contributed by atoms with Gasteiger partial charge in [-0.25, -0.2) is 4.98 Å². The average molecular weight is 267 g/mol. The second-order valence-corrected chi connectivity index (χ2v) is 6.54. The molecule has 0 radical (unpaired) electrons. The van der Waals surface area contributed by atoms with E-state index in [4.69, 9.17) is 0 Å². The van der Waals surface area contributed by atoms with Gasteiger partial charge in [-0.1, -0.05) is 6.92 Å². The Labute approximate surface area is 114 Å². The Morgan fingerprint density at radius 3 is 3.11 bits per heavy atom. The number of nitrogens with zero attached hydrogens (tertiary/aromatic N) is 1. The normalized spacial score (nSPS) is 26.2. The van der Waals surface area contributed by atoms with E-state index < -0.39 is 0 Å². The van der Waals surface area contributed by atoms with Crippen LogP contribution in [-0.4, -0.2) is 24.1 Å². The number of hydrogen-bond donors (Lipinski definition) is 2. The summed E-state index contributed by atoms with van der Waals surface area (Å²) in [4.78, 5) is 5.89. The second-order valence-electron chi connectivity index (χ2n) is 5.39. The summed E-state index contributed by atoms with van der Waals surface area (Å²) < 4.78 is 0. The Morgan fingerprint density at radius 1 is 1.61 bits per heavy atom. The van der Waals surface area contributed by atoms with Crippen molar-refractivity contribution in [3.63, 3.8) is 0 Å². The van der Waals surface area contributed by atoms with E-state index in [2.05, 4.69) is 36.4 Å². The van der Waals surface area contributed by atoms with Gasteiger partial charge in [-0.05, 0) is 52.1 Å². The lowest BCUT2D eigenvalue weighted by Gasteiger charge is -2.29. The summed E-state index contributed by atoms with van der Waals surface area (Å²) in [5.74, 6) is 0.814. The van der Waals surface area contributed by atoms with Crippen LogP contribution in [0.25, 0.3) is 0 Å². The van der Waals surface area contributed by atoms with Crippen molar-refractivity contribution in [3.8, 4) is 0 Å². The molecule has 1 aromatic rings. The minimum Gasteiger partial charge on any atom is -0.314 e. The van der Waals surface area contributed by atoms with Gasteiger partial charge in [-0.2, -0.15) is 0 Å². The van der Waals surface area contributed by atoms with Crippen molar-refractivity contribution in [2.75, 3.05) is 13.1 Å². The first-order chi connectivity index (χ1) is 8.69. The van der Waals surface area contributed by atoms with E-state index in [1.54, 1.807) is 0 Å². The second kappa shape index (κ2) is 6.64. The van der Waals surface area contributed by atoms with Crippen LogP contribution in [0.1, 0.15) is 49.5 Å². The predicted octanol–water partition coefficient (Wildman–Crippen LogP) is 2.74. The summed E-state index contributed by atoms with van der Waals surface area (Å²) in [6.45, 7) is 8.98. The first-order valence-electron chi connectivity index (χ1n) is 7.10. The van der Waals surface area contributed by atoms with Crippen LogP contribution in [0.15, 0.2) is 6.20 Å². The number of piperidine rings is 1. The van der Waals surface area contributed by atoms with E-state index in [1.807, 2.05) is 17.5 Å². The maximum atomic E-state index is 4.51. The Hall–Kier alpha value is -0.450. The van der Waals surface area contributed by atoms with Gasteiger partial charge in [0.05, 0.1) is 6.04 Å². The molecule has 2 N–H and O–H groups in total. The summed E-state index contributed by atoms with van der Waals surface area (Å²) in [7, 11) is 0. The first kappa shape index (κ1) is 14.0. The molecule has 18 heavy (non-hydrogen) atoms. The van der Waals surface area contributed by atoms with E-state index in [1.165, 1.54) is 29.3 Å². The Morgan fingerprint density at radius 2 is 2.44 bits per heavy atom. The molecule has 102 valence electrons. The molecule has 3 unspecified atom stereocenters. The summed E-state index contributed by atoms with van der Waals surface area (Å²) in [5.41, 5.74) is 0. The molecule has 1 aliphatic heterocycles. The molecule has 4 heteroatoms. The van der Waals surface area contributed by atoms with Crippen molar-refractivity contribution < 1.29 is 0 Å². The molecule has 0 saturated carbocycles. The summed E-state index contributed by atoms with van der Waals surface area (Å²) in [6, 6.07) is 1.06. The van der Waals surface area contributed by atoms with Crippen molar-refractivity contribution in [2.45, 2.75) is 52.1 Å². The van der Waals surface area contributed by atoms with Crippen LogP contribution in [0, 0.1) is 5.92 Å². The zero-order chi connectivity index (χ0) is 13.0. The molecule has 0 aliphatic carbocycles. The highest BCUT2D eigenvalue weighted by Crippen LogP contribution is 2.21. The van der Waals surface area contributed by atoms with Gasteiger partial charge in [-0.15, -0.1) is 11.3 Å². The number of aryl methyl sites for hydroxylation is 1. The quantitative estimate of drug-likeness (QED) is 0.861. The van der Waals surface area contributed by atoms with Gasteiger partial charge in [-0.3, -0.25) is 0 Å². The largest absolute Gasteiger partial charge is 0.314 e. The highest BCUT2D eigenvalue weighted by molar-refractivity contribution is 7.11. The van der Waals surface area contributed by atoms with Gasteiger partial charge in [0.2, 0.25) is 0 Å². The molecule has 1 aromatic heterocycles. The van der Waals surface area contributed by atoms with Crippen LogP contribution >= 0.6 is 11.3 Å². The Kier molecular flexibility index (Phi) is 5.15. The lowest BCUT2D eigenvalue weighted by atomic mass is 9.93. The molecular weight excluding hydrogens is 242 g/mol. The lowest BCUT2D eigenvalue weighted by Crippen LogP contribution is -2.39. The molecule has 0 bridgehead atoms. The number of aromatic nitrogens is 1. The summed E-state index contributed by atoms with van der Waals surface area (Å²) >= 11 is 1.84. The predicted molar refractivity (Wildman–Crippen MR) is 78.1 cm³/mol. The van der Waals surface area contributed by atoms with E-state index in [0.29, 0.717) is 12.1 Å². The van der Waals surface area contributed by atoms with Crippen LogP contribution in [0.2, 0.25) is 0 Å². The smallest absolute Gasteiger partial charge is 0.109 e. The zero-order valence-electron chi connectivity index (χ0n) is 11.7. The number of hydrogen-bond acceptors (Lipinski definition) is 4. The topological polar surface area (TPSA) is 37.0 Å². The maximum Gasteiger partial charge on any atom is 0.109 e.